The molecule has 26 heavy (non-hydrogen) atoms. The number of aromatic nitrogens is 1. The fraction of sp³-hybridized carbons (Fsp3) is 0.0909. The molecule has 0 aliphatic carbocycles. The van der Waals surface area contributed by atoms with E-state index in [1.807, 2.05) is 36.4 Å². The van der Waals surface area contributed by atoms with Crippen LogP contribution >= 0.6 is 11.3 Å². The molecule has 1 amide bonds. The Morgan fingerprint density at radius 2 is 2.00 bits per heavy atom. The maximum Gasteiger partial charge on any atom is 0.251 e. The third-order valence-electron chi connectivity index (χ3n) is 3.98. The van der Waals surface area contributed by atoms with Gasteiger partial charge in [0.2, 0.25) is 0 Å². The molecule has 1 N–H and O–H groups in total. The lowest BCUT2D eigenvalue weighted by Gasteiger charge is -2.05. The first-order chi connectivity index (χ1) is 12.7. The van der Waals surface area contributed by atoms with Gasteiger partial charge in [-0.2, -0.15) is 0 Å². The Morgan fingerprint density at radius 3 is 2.81 bits per heavy atom. The van der Waals surface area contributed by atoms with Gasteiger partial charge in [-0.05, 0) is 42.0 Å². The predicted molar refractivity (Wildman–Crippen MR) is 109 cm³/mol. The number of rotatable bonds is 7. The molecule has 0 spiro atoms. The van der Waals surface area contributed by atoms with Gasteiger partial charge < -0.3 is 5.32 Å². The first kappa shape index (κ1) is 17.8. The number of benzene rings is 1. The van der Waals surface area contributed by atoms with E-state index in [0.29, 0.717) is 12.1 Å². The predicted octanol–water partition coefficient (Wildman–Crippen LogP) is 5.07. The highest BCUT2D eigenvalue weighted by Crippen LogP contribution is 2.20. The average molecular weight is 360 g/mol. The quantitative estimate of drug-likeness (QED) is 0.598. The van der Waals surface area contributed by atoms with Crippen LogP contribution in [0.25, 0.3) is 10.9 Å². The van der Waals surface area contributed by atoms with E-state index in [2.05, 4.69) is 35.6 Å². The van der Waals surface area contributed by atoms with Crippen molar-refractivity contribution in [2.24, 2.45) is 0 Å². The third-order valence-corrected chi connectivity index (χ3v) is 5.06. The summed E-state index contributed by atoms with van der Waals surface area (Å²) >= 11 is 1.69. The van der Waals surface area contributed by atoms with Gasteiger partial charge in [0.25, 0.3) is 5.91 Å². The molecular formula is C22H20N2OS. The molecule has 0 aliphatic heterocycles. The van der Waals surface area contributed by atoms with Crippen molar-refractivity contribution < 1.29 is 4.79 Å². The second kappa shape index (κ2) is 8.41. The van der Waals surface area contributed by atoms with Gasteiger partial charge >= 0.3 is 0 Å². The molecular weight excluding hydrogens is 340 g/mol. The van der Waals surface area contributed by atoms with Gasteiger partial charge in [0.1, 0.15) is 0 Å². The van der Waals surface area contributed by atoms with Crippen LogP contribution in [0.3, 0.4) is 0 Å². The SMILES string of the molecule is C=C/C=C(\C=C)Cc1ccc(CNC(=O)c2ccc3ncccc3c2)s1. The van der Waals surface area contributed by atoms with E-state index in [4.69, 9.17) is 0 Å². The molecule has 0 aliphatic rings. The maximum absolute atomic E-state index is 12.4. The van der Waals surface area contributed by atoms with Gasteiger partial charge in [0, 0.05) is 33.3 Å². The number of hydrogen-bond donors (Lipinski definition) is 1. The fourth-order valence-corrected chi connectivity index (χ4v) is 3.64. The van der Waals surface area contributed by atoms with Crippen LogP contribution < -0.4 is 5.32 Å². The minimum Gasteiger partial charge on any atom is -0.347 e. The zero-order valence-electron chi connectivity index (χ0n) is 14.4. The van der Waals surface area contributed by atoms with Crippen LogP contribution in [0.1, 0.15) is 20.1 Å². The summed E-state index contributed by atoms with van der Waals surface area (Å²) in [6.45, 7) is 8.06. The minimum absolute atomic E-state index is 0.0796. The van der Waals surface area contributed by atoms with Gasteiger partial charge in [-0.1, -0.05) is 37.5 Å². The molecule has 2 heterocycles. The number of pyridine rings is 1. The van der Waals surface area contributed by atoms with Gasteiger partial charge in [0.05, 0.1) is 12.1 Å². The van der Waals surface area contributed by atoms with Gasteiger partial charge in [-0.15, -0.1) is 11.3 Å². The lowest BCUT2D eigenvalue weighted by molar-refractivity contribution is 0.0951. The number of fused-ring (bicyclic) bond motifs is 1. The lowest BCUT2D eigenvalue weighted by atomic mass is 10.1. The Labute approximate surface area is 157 Å². The van der Waals surface area contributed by atoms with Gasteiger partial charge in [-0.25, -0.2) is 0 Å². The normalized spacial score (nSPS) is 11.3. The molecule has 2 aromatic heterocycles. The van der Waals surface area contributed by atoms with Crippen LogP contribution in [0.15, 0.2) is 85.6 Å². The summed E-state index contributed by atoms with van der Waals surface area (Å²) in [7, 11) is 0. The van der Waals surface area contributed by atoms with Crippen molar-refractivity contribution >= 4 is 28.1 Å². The monoisotopic (exact) mass is 360 g/mol. The molecule has 3 aromatic rings. The Bertz CT molecular complexity index is 984. The number of carbonyl (C=O) groups is 1. The number of nitrogens with zero attached hydrogens (tertiary/aromatic N) is 1. The topological polar surface area (TPSA) is 42.0 Å². The highest BCUT2D eigenvalue weighted by molar-refractivity contribution is 7.12. The molecule has 3 nitrogen and oxygen atoms in total. The number of thiophene rings is 1. The summed E-state index contributed by atoms with van der Waals surface area (Å²) < 4.78 is 0. The molecule has 0 saturated carbocycles. The third kappa shape index (κ3) is 4.35. The number of allylic oxidation sites excluding steroid dienone is 4. The molecule has 0 saturated heterocycles. The minimum atomic E-state index is -0.0796. The second-order valence-electron chi connectivity index (χ2n) is 5.82. The molecule has 1 aromatic carbocycles. The zero-order valence-corrected chi connectivity index (χ0v) is 15.3. The molecule has 4 heteroatoms. The van der Waals surface area contributed by atoms with Gasteiger partial charge in [0.15, 0.2) is 0 Å². The van der Waals surface area contributed by atoms with Crippen LogP contribution in [-0.2, 0) is 13.0 Å². The molecule has 130 valence electrons. The lowest BCUT2D eigenvalue weighted by Crippen LogP contribution is -2.22. The summed E-state index contributed by atoms with van der Waals surface area (Å²) in [6, 6.07) is 13.5. The fourth-order valence-electron chi connectivity index (χ4n) is 2.65. The Kier molecular flexibility index (Phi) is 5.77. The van der Waals surface area contributed by atoms with E-state index in [9.17, 15) is 4.79 Å². The van der Waals surface area contributed by atoms with Crippen LogP contribution in [-0.4, -0.2) is 10.9 Å². The number of carbonyl (C=O) groups excluding carboxylic acids is 1. The Balaban J connectivity index is 1.63. The summed E-state index contributed by atoms with van der Waals surface area (Å²) in [5.41, 5.74) is 2.66. The Morgan fingerprint density at radius 1 is 1.15 bits per heavy atom. The number of nitrogens with one attached hydrogen (secondary N) is 1. The highest BCUT2D eigenvalue weighted by Gasteiger charge is 2.08. The van der Waals surface area contributed by atoms with E-state index >= 15 is 0 Å². The molecule has 0 bridgehead atoms. The summed E-state index contributed by atoms with van der Waals surface area (Å²) in [4.78, 5) is 19.0. The van der Waals surface area contributed by atoms with Crippen molar-refractivity contribution in [1.82, 2.24) is 10.3 Å². The van der Waals surface area contributed by atoms with E-state index in [0.717, 1.165) is 27.8 Å². The largest absolute Gasteiger partial charge is 0.347 e. The summed E-state index contributed by atoms with van der Waals surface area (Å²) in [5.74, 6) is -0.0796. The molecule has 0 fully saturated rings. The first-order valence-corrected chi connectivity index (χ1v) is 9.16. The van der Waals surface area contributed by atoms with Crippen molar-refractivity contribution in [3.63, 3.8) is 0 Å². The number of amides is 1. The Hall–Kier alpha value is -2.98. The van der Waals surface area contributed by atoms with Crippen LogP contribution in [0.4, 0.5) is 0 Å². The first-order valence-electron chi connectivity index (χ1n) is 8.34. The van der Waals surface area contributed by atoms with E-state index in [1.165, 1.54) is 4.88 Å². The van der Waals surface area contributed by atoms with Crippen molar-refractivity contribution in [3.8, 4) is 0 Å². The van der Waals surface area contributed by atoms with E-state index < -0.39 is 0 Å². The van der Waals surface area contributed by atoms with Crippen molar-refractivity contribution in [2.45, 2.75) is 13.0 Å². The van der Waals surface area contributed by atoms with E-state index in [-0.39, 0.29) is 5.91 Å². The summed E-state index contributed by atoms with van der Waals surface area (Å²) in [6.07, 6.45) is 8.15. The van der Waals surface area contributed by atoms with Crippen molar-refractivity contribution in [2.75, 3.05) is 0 Å². The van der Waals surface area contributed by atoms with Crippen LogP contribution in [0, 0.1) is 0 Å². The second-order valence-corrected chi connectivity index (χ2v) is 7.07. The van der Waals surface area contributed by atoms with Crippen molar-refractivity contribution in [1.29, 1.82) is 0 Å². The zero-order chi connectivity index (χ0) is 18.4. The average Bonchev–Trinajstić information content (AvgIpc) is 3.12. The number of hydrogen-bond acceptors (Lipinski definition) is 3. The molecule has 3 rings (SSSR count). The van der Waals surface area contributed by atoms with E-state index in [1.54, 1.807) is 29.7 Å². The maximum atomic E-state index is 12.4. The van der Waals surface area contributed by atoms with Crippen LogP contribution in [0.5, 0.6) is 0 Å². The molecule has 0 unspecified atom stereocenters. The summed E-state index contributed by atoms with van der Waals surface area (Å²) in [5, 5.41) is 3.95. The smallest absolute Gasteiger partial charge is 0.251 e. The van der Waals surface area contributed by atoms with Crippen molar-refractivity contribution in [3.05, 3.63) is 101 Å². The van der Waals surface area contributed by atoms with Crippen LogP contribution in [0.2, 0.25) is 0 Å². The molecule has 0 atom stereocenters. The molecule has 0 radical (unpaired) electrons. The standard InChI is InChI=1S/C22H20N2OS/c1-3-6-16(4-2)13-19-9-10-20(26-19)15-24-22(25)18-8-11-21-17(14-18)7-5-12-23-21/h3-12,14H,1-2,13,15H2,(H,24,25)/b16-6+. The highest BCUT2D eigenvalue weighted by atomic mass is 32.1. The van der Waals surface area contributed by atoms with Gasteiger partial charge in [-0.3, -0.25) is 9.78 Å².